The summed E-state index contributed by atoms with van der Waals surface area (Å²) in [6.45, 7) is 0.207. The molecule has 1 aromatic rings. The molecule has 1 aromatic heterocycles. The van der Waals surface area contributed by atoms with E-state index < -0.39 is 5.97 Å². The predicted octanol–water partition coefficient (Wildman–Crippen LogP) is 1.48. The number of carbonyl (C=O) groups excluding carboxylic acids is 2. The van der Waals surface area contributed by atoms with Gasteiger partial charge in [0.2, 0.25) is 11.8 Å². The van der Waals surface area contributed by atoms with Crippen molar-refractivity contribution in [3.8, 4) is 0 Å². The molecule has 1 atom stereocenters. The minimum atomic E-state index is -0.999. The molecule has 0 spiro atoms. The Bertz CT molecular complexity index is 649. The molecule has 0 aromatic carbocycles. The van der Waals surface area contributed by atoms with Crippen LogP contribution in [-0.4, -0.2) is 50.2 Å². The van der Waals surface area contributed by atoms with Gasteiger partial charge in [0.25, 0.3) is 0 Å². The summed E-state index contributed by atoms with van der Waals surface area (Å²) in [6, 6.07) is 1.82. The molecule has 2 N–H and O–H groups in total. The Labute approximate surface area is 146 Å². The van der Waals surface area contributed by atoms with Gasteiger partial charge in [-0.25, -0.2) is 0 Å². The highest BCUT2D eigenvalue weighted by Crippen LogP contribution is 2.28. The lowest BCUT2D eigenvalue weighted by Crippen LogP contribution is -2.37. The first-order chi connectivity index (χ1) is 12.0. The average molecular weight is 348 g/mol. The number of carboxylic acids is 1. The highest BCUT2D eigenvalue weighted by molar-refractivity contribution is 5.96. The minimum absolute atomic E-state index is 0.0588. The minimum Gasteiger partial charge on any atom is -0.480 e. The number of rotatable bonds is 5. The molecule has 8 nitrogen and oxygen atoms in total. The van der Waals surface area contributed by atoms with Gasteiger partial charge in [0.1, 0.15) is 6.54 Å². The molecule has 3 rings (SSSR count). The van der Waals surface area contributed by atoms with Crippen molar-refractivity contribution in [1.82, 2.24) is 14.7 Å². The lowest BCUT2D eigenvalue weighted by Gasteiger charge is -2.27. The third-order valence-corrected chi connectivity index (χ3v) is 4.98. The highest BCUT2D eigenvalue weighted by atomic mass is 16.4. The topological polar surface area (TPSA) is 105 Å². The van der Waals surface area contributed by atoms with Crippen molar-refractivity contribution in [2.24, 2.45) is 5.92 Å². The first-order valence-corrected chi connectivity index (χ1v) is 8.88. The van der Waals surface area contributed by atoms with Gasteiger partial charge in [-0.05, 0) is 12.8 Å². The van der Waals surface area contributed by atoms with Gasteiger partial charge in [-0.1, -0.05) is 25.7 Å². The summed E-state index contributed by atoms with van der Waals surface area (Å²) in [5, 5.41) is 15.4. The second kappa shape index (κ2) is 7.67. The van der Waals surface area contributed by atoms with Crippen molar-refractivity contribution in [2.75, 3.05) is 11.9 Å². The largest absolute Gasteiger partial charge is 0.480 e. The second-order valence-electron chi connectivity index (χ2n) is 6.87. The van der Waals surface area contributed by atoms with E-state index in [1.807, 2.05) is 4.90 Å². The van der Waals surface area contributed by atoms with E-state index in [-0.39, 0.29) is 36.7 Å². The quantitative estimate of drug-likeness (QED) is 0.784. The van der Waals surface area contributed by atoms with Gasteiger partial charge in [0.05, 0.1) is 5.92 Å². The van der Waals surface area contributed by atoms with E-state index in [1.165, 1.54) is 23.7 Å². The van der Waals surface area contributed by atoms with Crippen molar-refractivity contribution in [3.05, 3.63) is 12.3 Å². The molecule has 2 amide bonds. The molecule has 1 saturated carbocycles. The summed E-state index contributed by atoms with van der Waals surface area (Å²) in [4.78, 5) is 37.3. The van der Waals surface area contributed by atoms with Crippen LogP contribution in [0.2, 0.25) is 0 Å². The number of aliphatic carboxylic acids is 1. The normalized spacial score (nSPS) is 22.0. The van der Waals surface area contributed by atoms with Crippen molar-refractivity contribution in [2.45, 2.75) is 57.5 Å². The molecule has 2 aliphatic rings. The number of carboxylic acid groups (broad SMARTS) is 1. The number of likely N-dealkylation sites (tertiary alicyclic amines) is 1. The molecule has 25 heavy (non-hydrogen) atoms. The van der Waals surface area contributed by atoms with Gasteiger partial charge in [-0.3, -0.25) is 19.1 Å². The maximum atomic E-state index is 12.4. The molecule has 1 saturated heterocycles. The van der Waals surface area contributed by atoms with Crippen LogP contribution in [-0.2, 0) is 20.9 Å². The Kier molecular flexibility index (Phi) is 5.35. The van der Waals surface area contributed by atoms with Gasteiger partial charge in [0.15, 0.2) is 5.82 Å². The lowest BCUT2D eigenvalue weighted by atomic mass is 10.1. The summed E-state index contributed by atoms with van der Waals surface area (Å²) in [5.41, 5.74) is 0. The first kappa shape index (κ1) is 17.4. The molecular formula is C17H24N4O4. The van der Waals surface area contributed by atoms with E-state index >= 15 is 0 Å². The van der Waals surface area contributed by atoms with E-state index in [0.717, 1.165) is 25.7 Å². The van der Waals surface area contributed by atoms with Gasteiger partial charge < -0.3 is 15.3 Å². The molecule has 2 heterocycles. The van der Waals surface area contributed by atoms with Crippen LogP contribution >= 0.6 is 0 Å². The number of hydrogen-bond acceptors (Lipinski definition) is 4. The van der Waals surface area contributed by atoms with Crippen LogP contribution < -0.4 is 5.32 Å². The van der Waals surface area contributed by atoms with Crippen LogP contribution in [0.3, 0.4) is 0 Å². The fourth-order valence-corrected chi connectivity index (χ4v) is 3.71. The lowest BCUT2D eigenvalue weighted by molar-refractivity contribution is -0.138. The average Bonchev–Trinajstić information content (AvgIpc) is 3.04. The molecule has 1 aliphatic carbocycles. The number of hydrogen-bond donors (Lipinski definition) is 2. The SMILES string of the molecule is O=C(O)Cn1ccc(NC(=O)C2CC(=O)N(C3CCCCCC3)C2)n1. The van der Waals surface area contributed by atoms with Crippen LogP contribution in [0.15, 0.2) is 12.3 Å². The van der Waals surface area contributed by atoms with E-state index in [4.69, 9.17) is 5.11 Å². The molecular weight excluding hydrogens is 324 g/mol. The summed E-state index contributed by atoms with van der Waals surface area (Å²) in [7, 11) is 0. The van der Waals surface area contributed by atoms with Crippen LogP contribution in [0.25, 0.3) is 0 Å². The maximum Gasteiger partial charge on any atom is 0.325 e. The smallest absolute Gasteiger partial charge is 0.325 e. The Balaban J connectivity index is 1.56. The monoisotopic (exact) mass is 348 g/mol. The van der Waals surface area contributed by atoms with Crippen molar-refractivity contribution < 1.29 is 19.5 Å². The van der Waals surface area contributed by atoms with E-state index in [2.05, 4.69) is 10.4 Å². The van der Waals surface area contributed by atoms with Gasteiger partial charge in [-0.15, -0.1) is 0 Å². The number of carbonyl (C=O) groups is 3. The summed E-state index contributed by atoms with van der Waals surface area (Å²) < 4.78 is 1.25. The van der Waals surface area contributed by atoms with Crippen molar-refractivity contribution in [3.63, 3.8) is 0 Å². The molecule has 1 aliphatic heterocycles. The van der Waals surface area contributed by atoms with Gasteiger partial charge in [0, 0.05) is 31.3 Å². The molecule has 1 unspecified atom stereocenters. The van der Waals surface area contributed by atoms with Crippen LogP contribution in [0, 0.1) is 5.92 Å². The molecule has 8 heteroatoms. The molecule has 0 bridgehead atoms. The van der Waals surface area contributed by atoms with E-state index in [1.54, 1.807) is 6.07 Å². The molecule has 0 radical (unpaired) electrons. The summed E-state index contributed by atoms with van der Waals surface area (Å²) >= 11 is 0. The standard InChI is InChI=1S/C17H24N4O4/c22-15-9-12(10-21(15)13-5-3-1-2-4-6-13)17(25)18-14-7-8-20(19-14)11-16(23)24/h7-8,12-13H,1-6,9-11H2,(H,23,24)(H,18,19,25). The Morgan fingerprint density at radius 2 is 1.96 bits per heavy atom. The Hall–Kier alpha value is -2.38. The summed E-state index contributed by atoms with van der Waals surface area (Å²) in [6.07, 6.45) is 8.53. The second-order valence-corrected chi connectivity index (χ2v) is 6.87. The molecule has 2 fully saturated rings. The zero-order chi connectivity index (χ0) is 17.8. The van der Waals surface area contributed by atoms with Crippen LogP contribution in [0.4, 0.5) is 5.82 Å². The number of aromatic nitrogens is 2. The van der Waals surface area contributed by atoms with Gasteiger partial charge >= 0.3 is 5.97 Å². The predicted molar refractivity (Wildman–Crippen MR) is 89.8 cm³/mol. The molecule has 136 valence electrons. The number of amides is 2. The zero-order valence-corrected chi connectivity index (χ0v) is 14.2. The zero-order valence-electron chi connectivity index (χ0n) is 14.2. The fraction of sp³-hybridized carbons (Fsp3) is 0.647. The van der Waals surface area contributed by atoms with Crippen molar-refractivity contribution in [1.29, 1.82) is 0 Å². The fourth-order valence-electron chi connectivity index (χ4n) is 3.71. The van der Waals surface area contributed by atoms with Gasteiger partial charge in [-0.2, -0.15) is 5.10 Å². The summed E-state index contributed by atoms with van der Waals surface area (Å²) in [5.74, 6) is -1.23. The van der Waals surface area contributed by atoms with Crippen LogP contribution in [0.1, 0.15) is 44.9 Å². The Morgan fingerprint density at radius 1 is 1.24 bits per heavy atom. The van der Waals surface area contributed by atoms with E-state index in [9.17, 15) is 14.4 Å². The number of nitrogens with zero attached hydrogens (tertiary/aromatic N) is 3. The van der Waals surface area contributed by atoms with Crippen LogP contribution in [0.5, 0.6) is 0 Å². The third kappa shape index (κ3) is 4.37. The highest BCUT2D eigenvalue weighted by Gasteiger charge is 2.38. The number of nitrogens with one attached hydrogen (secondary N) is 1. The first-order valence-electron chi connectivity index (χ1n) is 8.88. The Morgan fingerprint density at radius 3 is 2.64 bits per heavy atom. The van der Waals surface area contributed by atoms with E-state index in [0.29, 0.717) is 12.4 Å². The third-order valence-electron chi connectivity index (χ3n) is 4.98. The number of anilines is 1. The maximum absolute atomic E-state index is 12.4. The van der Waals surface area contributed by atoms with Crippen molar-refractivity contribution >= 4 is 23.6 Å².